The Balaban J connectivity index is 0.00000529. The van der Waals surface area contributed by atoms with Gasteiger partial charge in [0.25, 0.3) is 0 Å². The molecule has 0 amide bonds. The molecule has 0 saturated carbocycles. The second kappa shape index (κ2) is 14.2. The summed E-state index contributed by atoms with van der Waals surface area (Å²) in [5.74, 6) is 1.66. The third kappa shape index (κ3) is 11.5. The van der Waals surface area contributed by atoms with Gasteiger partial charge in [-0.3, -0.25) is 4.99 Å². The molecule has 144 valence electrons. The highest BCUT2D eigenvalue weighted by Gasteiger charge is 2.27. The average molecular weight is 473 g/mol. The number of nitrogens with zero attached hydrogens (tertiary/aromatic N) is 1. The molecule has 7 heteroatoms. The second-order valence-electron chi connectivity index (χ2n) is 6.62. The van der Waals surface area contributed by atoms with Gasteiger partial charge in [0.15, 0.2) is 15.8 Å². The van der Waals surface area contributed by atoms with Crippen molar-refractivity contribution in [3.63, 3.8) is 0 Å². The summed E-state index contributed by atoms with van der Waals surface area (Å²) in [6, 6.07) is 0. The van der Waals surface area contributed by atoms with E-state index < -0.39 is 9.84 Å². The third-order valence-electron chi connectivity index (χ3n) is 4.43. The number of halogens is 1. The predicted molar refractivity (Wildman–Crippen MR) is 114 cm³/mol. The summed E-state index contributed by atoms with van der Waals surface area (Å²) in [4.78, 5) is 4.20. The minimum atomic E-state index is -2.79. The standard InChI is InChI=1S/C17H35N3O2S.HI/c1-3-4-5-6-7-8-9-10-12-19-17(18-2)20-14-16-11-13-23(21,22)15-16;/h16H,3-15H2,1-2H3,(H2,18,19,20);1H. The van der Waals surface area contributed by atoms with Gasteiger partial charge in [0, 0.05) is 20.1 Å². The number of unbranched alkanes of at least 4 members (excludes halogenated alkanes) is 7. The molecule has 1 saturated heterocycles. The van der Waals surface area contributed by atoms with Crippen LogP contribution < -0.4 is 10.6 Å². The van der Waals surface area contributed by atoms with Crippen molar-refractivity contribution in [2.75, 3.05) is 31.6 Å². The fourth-order valence-corrected chi connectivity index (χ4v) is 4.82. The highest BCUT2D eigenvalue weighted by atomic mass is 127. The SMILES string of the molecule is CCCCCCCCCCNC(=NC)NCC1CCS(=O)(=O)C1.I. The largest absolute Gasteiger partial charge is 0.356 e. The van der Waals surface area contributed by atoms with E-state index in [0.29, 0.717) is 18.1 Å². The Bertz CT molecular complexity index is 441. The minimum Gasteiger partial charge on any atom is -0.356 e. The van der Waals surface area contributed by atoms with E-state index in [4.69, 9.17) is 0 Å². The van der Waals surface area contributed by atoms with Crippen molar-refractivity contribution in [1.82, 2.24) is 10.6 Å². The maximum atomic E-state index is 11.4. The molecule has 1 aliphatic rings. The summed E-state index contributed by atoms with van der Waals surface area (Å²) >= 11 is 0. The van der Waals surface area contributed by atoms with Gasteiger partial charge in [-0.1, -0.05) is 51.9 Å². The van der Waals surface area contributed by atoms with Crippen LogP contribution in [0, 0.1) is 5.92 Å². The summed E-state index contributed by atoms with van der Waals surface area (Å²) in [5.41, 5.74) is 0. The average Bonchev–Trinajstić information content (AvgIpc) is 2.88. The summed E-state index contributed by atoms with van der Waals surface area (Å²) in [7, 11) is -1.03. The second-order valence-corrected chi connectivity index (χ2v) is 8.85. The van der Waals surface area contributed by atoms with E-state index in [-0.39, 0.29) is 29.9 Å². The molecule has 0 bridgehead atoms. The molecular weight excluding hydrogens is 437 g/mol. The molecule has 0 aliphatic carbocycles. The van der Waals surface area contributed by atoms with Crippen molar-refractivity contribution in [2.45, 2.75) is 64.7 Å². The molecule has 0 aromatic rings. The molecule has 1 aliphatic heterocycles. The van der Waals surface area contributed by atoms with Gasteiger partial charge in [0.05, 0.1) is 11.5 Å². The molecule has 0 aromatic carbocycles. The smallest absolute Gasteiger partial charge is 0.190 e. The van der Waals surface area contributed by atoms with Crippen molar-refractivity contribution in [3.05, 3.63) is 0 Å². The van der Waals surface area contributed by atoms with Gasteiger partial charge in [0.2, 0.25) is 0 Å². The Kier molecular flexibility index (Phi) is 14.1. The number of sulfone groups is 1. The zero-order valence-corrected chi connectivity index (χ0v) is 18.5. The molecule has 0 spiro atoms. The van der Waals surface area contributed by atoms with Crippen LogP contribution in [0.2, 0.25) is 0 Å². The van der Waals surface area contributed by atoms with Crippen LogP contribution in [0.15, 0.2) is 4.99 Å². The van der Waals surface area contributed by atoms with E-state index >= 15 is 0 Å². The normalized spacial score (nSPS) is 19.8. The fraction of sp³-hybridized carbons (Fsp3) is 0.941. The molecule has 1 fully saturated rings. The maximum absolute atomic E-state index is 11.4. The minimum absolute atomic E-state index is 0. The zero-order valence-electron chi connectivity index (χ0n) is 15.3. The molecule has 2 N–H and O–H groups in total. The van der Waals surface area contributed by atoms with Crippen molar-refractivity contribution in [1.29, 1.82) is 0 Å². The van der Waals surface area contributed by atoms with Gasteiger partial charge in [-0.2, -0.15) is 0 Å². The Labute approximate surface area is 165 Å². The van der Waals surface area contributed by atoms with Crippen LogP contribution in [0.25, 0.3) is 0 Å². The van der Waals surface area contributed by atoms with Gasteiger partial charge in [-0.05, 0) is 18.8 Å². The first-order valence-electron chi connectivity index (χ1n) is 9.22. The highest BCUT2D eigenvalue weighted by molar-refractivity contribution is 14.0. The van der Waals surface area contributed by atoms with Crippen molar-refractivity contribution in [2.24, 2.45) is 10.9 Å². The maximum Gasteiger partial charge on any atom is 0.190 e. The van der Waals surface area contributed by atoms with E-state index in [1.165, 1.54) is 44.9 Å². The number of hydrogen-bond donors (Lipinski definition) is 2. The quantitative estimate of drug-likeness (QED) is 0.209. The Morgan fingerprint density at radius 3 is 2.21 bits per heavy atom. The predicted octanol–water partition coefficient (Wildman–Crippen LogP) is 3.34. The van der Waals surface area contributed by atoms with Gasteiger partial charge >= 0.3 is 0 Å². The molecular formula is C17H36IN3O2S. The first-order valence-corrected chi connectivity index (χ1v) is 11.0. The molecule has 1 rings (SSSR count). The van der Waals surface area contributed by atoms with Gasteiger partial charge in [-0.25, -0.2) is 8.42 Å². The van der Waals surface area contributed by atoms with Crippen LogP contribution in [-0.2, 0) is 9.84 Å². The molecule has 24 heavy (non-hydrogen) atoms. The van der Waals surface area contributed by atoms with Crippen LogP contribution in [-0.4, -0.2) is 46.0 Å². The molecule has 0 aromatic heterocycles. The van der Waals surface area contributed by atoms with Crippen molar-refractivity contribution >= 4 is 39.8 Å². The first-order chi connectivity index (χ1) is 11.1. The lowest BCUT2D eigenvalue weighted by Crippen LogP contribution is -2.40. The summed E-state index contributed by atoms with van der Waals surface area (Å²) in [6.07, 6.45) is 11.3. The number of guanidine groups is 1. The first kappa shape index (κ1) is 23.9. The molecule has 0 radical (unpaired) electrons. The third-order valence-corrected chi connectivity index (χ3v) is 6.27. The summed E-state index contributed by atoms with van der Waals surface area (Å²) < 4.78 is 22.9. The summed E-state index contributed by atoms with van der Waals surface area (Å²) in [6.45, 7) is 3.87. The number of aliphatic imine (C=N–C) groups is 1. The molecule has 5 nitrogen and oxygen atoms in total. The fourth-order valence-electron chi connectivity index (χ4n) is 2.96. The van der Waals surface area contributed by atoms with Crippen LogP contribution in [0.1, 0.15) is 64.7 Å². The Morgan fingerprint density at radius 2 is 1.67 bits per heavy atom. The Morgan fingerprint density at radius 1 is 1.04 bits per heavy atom. The number of nitrogens with one attached hydrogen (secondary N) is 2. The number of hydrogen-bond acceptors (Lipinski definition) is 3. The van der Waals surface area contributed by atoms with Crippen LogP contribution in [0.4, 0.5) is 0 Å². The molecule has 1 heterocycles. The topological polar surface area (TPSA) is 70.6 Å². The lowest BCUT2D eigenvalue weighted by Gasteiger charge is -2.14. The van der Waals surface area contributed by atoms with Crippen molar-refractivity contribution in [3.8, 4) is 0 Å². The van der Waals surface area contributed by atoms with E-state index in [2.05, 4.69) is 22.5 Å². The number of rotatable bonds is 11. The van der Waals surface area contributed by atoms with E-state index in [1.807, 2.05) is 0 Å². The van der Waals surface area contributed by atoms with Crippen LogP contribution in [0.5, 0.6) is 0 Å². The molecule has 1 atom stereocenters. The lowest BCUT2D eigenvalue weighted by atomic mass is 10.1. The van der Waals surface area contributed by atoms with E-state index in [9.17, 15) is 8.42 Å². The van der Waals surface area contributed by atoms with Crippen LogP contribution in [0.3, 0.4) is 0 Å². The van der Waals surface area contributed by atoms with Crippen LogP contribution >= 0.6 is 24.0 Å². The van der Waals surface area contributed by atoms with E-state index in [0.717, 1.165) is 25.3 Å². The Hall–Kier alpha value is -0.0500. The lowest BCUT2D eigenvalue weighted by molar-refractivity contribution is 0.558. The van der Waals surface area contributed by atoms with Gasteiger partial charge in [0.1, 0.15) is 0 Å². The zero-order chi connectivity index (χ0) is 17.0. The monoisotopic (exact) mass is 473 g/mol. The van der Waals surface area contributed by atoms with Gasteiger partial charge < -0.3 is 10.6 Å². The highest BCUT2D eigenvalue weighted by Crippen LogP contribution is 2.17. The summed E-state index contributed by atoms with van der Waals surface area (Å²) in [5, 5.41) is 6.56. The molecule has 1 unspecified atom stereocenters. The van der Waals surface area contributed by atoms with Crippen molar-refractivity contribution < 1.29 is 8.42 Å². The van der Waals surface area contributed by atoms with Gasteiger partial charge in [-0.15, -0.1) is 24.0 Å². The van der Waals surface area contributed by atoms with E-state index in [1.54, 1.807) is 7.05 Å².